The number of imidazole rings is 1. The van der Waals surface area contributed by atoms with Crippen LogP contribution < -0.4 is 0 Å². The van der Waals surface area contributed by atoms with Crippen LogP contribution in [0.3, 0.4) is 0 Å². The highest BCUT2D eigenvalue weighted by Crippen LogP contribution is 2.34. The Morgan fingerprint density at radius 1 is 1.14 bits per heavy atom. The minimum absolute atomic E-state index is 0.149. The van der Waals surface area contributed by atoms with Crippen molar-refractivity contribution < 1.29 is 9.50 Å². The van der Waals surface area contributed by atoms with Gasteiger partial charge in [0.2, 0.25) is 0 Å². The summed E-state index contributed by atoms with van der Waals surface area (Å²) in [4.78, 5) is 4.52. The van der Waals surface area contributed by atoms with Crippen molar-refractivity contribution in [1.29, 1.82) is 0 Å². The number of aryl methyl sites for hydroxylation is 1. The molecule has 0 fully saturated rings. The number of benzene rings is 2. The topological polar surface area (TPSA) is 38.0 Å². The molecule has 0 aliphatic rings. The van der Waals surface area contributed by atoms with E-state index in [1.54, 1.807) is 12.1 Å². The number of halogens is 1. The van der Waals surface area contributed by atoms with Gasteiger partial charge in [0.25, 0.3) is 0 Å². The number of phenolic OH excluding ortho intramolecular Hbond substituents is 1. The first kappa shape index (κ1) is 13.6. The molecule has 1 aromatic heterocycles. The first-order chi connectivity index (χ1) is 9.97. The highest BCUT2D eigenvalue weighted by Gasteiger charge is 2.17. The molecule has 0 amide bonds. The molecule has 3 rings (SSSR count). The standard InChI is InChI=1S/C17H17FN2O/c1-10(2)20-15-7-5-12(18)9-14(15)19-17(20)13-6-4-11(3)8-16(13)21/h4-10,21H,1-3H3. The summed E-state index contributed by atoms with van der Waals surface area (Å²) in [5.41, 5.74) is 3.10. The van der Waals surface area contributed by atoms with E-state index in [2.05, 4.69) is 4.98 Å². The third-order valence-corrected chi connectivity index (χ3v) is 3.56. The number of aromatic hydroxyl groups is 1. The van der Waals surface area contributed by atoms with E-state index in [9.17, 15) is 9.50 Å². The van der Waals surface area contributed by atoms with Gasteiger partial charge in [0, 0.05) is 12.1 Å². The minimum Gasteiger partial charge on any atom is -0.507 e. The lowest BCUT2D eigenvalue weighted by Gasteiger charge is -2.14. The van der Waals surface area contributed by atoms with E-state index in [0.29, 0.717) is 16.9 Å². The Labute approximate surface area is 122 Å². The maximum absolute atomic E-state index is 13.4. The Hall–Kier alpha value is -2.36. The van der Waals surface area contributed by atoms with Gasteiger partial charge in [-0.25, -0.2) is 9.37 Å². The molecule has 0 radical (unpaired) electrons. The van der Waals surface area contributed by atoms with E-state index in [0.717, 1.165) is 11.1 Å². The Bertz CT molecular complexity index is 821. The second kappa shape index (κ2) is 4.88. The summed E-state index contributed by atoms with van der Waals surface area (Å²) in [5, 5.41) is 10.2. The van der Waals surface area contributed by atoms with Crippen LogP contribution >= 0.6 is 0 Å². The SMILES string of the molecule is Cc1ccc(-c2nc3cc(F)ccc3n2C(C)C)c(O)c1. The molecule has 0 spiro atoms. The average Bonchev–Trinajstić information content (AvgIpc) is 2.76. The molecule has 108 valence electrons. The largest absolute Gasteiger partial charge is 0.507 e. The van der Waals surface area contributed by atoms with Crippen LogP contribution in [0.4, 0.5) is 4.39 Å². The minimum atomic E-state index is -0.310. The van der Waals surface area contributed by atoms with Gasteiger partial charge >= 0.3 is 0 Å². The molecule has 0 unspecified atom stereocenters. The lowest BCUT2D eigenvalue weighted by Crippen LogP contribution is -2.03. The van der Waals surface area contributed by atoms with E-state index in [4.69, 9.17) is 0 Å². The van der Waals surface area contributed by atoms with Crippen molar-refractivity contribution in [2.75, 3.05) is 0 Å². The summed E-state index contributed by atoms with van der Waals surface area (Å²) >= 11 is 0. The van der Waals surface area contributed by atoms with Crippen molar-refractivity contribution in [3.63, 3.8) is 0 Å². The quantitative estimate of drug-likeness (QED) is 0.755. The zero-order valence-electron chi connectivity index (χ0n) is 12.3. The maximum atomic E-state index is 13.4. The van der Waals surface area contributed by atoms with Crippen LogP contribution in [-0.2, 0) is 0 Å². The summed E-state index contributed by atoms with van der Waals surface area (Å²) < 4.78 is 15.4. The predicted octanol–water partition coefficient (Wildman–Crippen LogP) is 4.44. The van der Waals surface area contributed by atoms with Crippen LogP contribution in [0, 0.1) is 12.7 Å². The van der Waals surface area contributed by atoms with E-state index in [-0.39, 0.29) is 17.6 Å². The molecule has 1 heterocycles. The molecular weight excluding hydrogens is 267 g/mol. The van der Waals surface area contributed by atoms with E-state index in [1.807, 2.05) is 37.5 Å². The van der Waals surface area contributed by atoms with Crippen molar-refractivity contribution in [2.45, 2.75) is 26.8 Å². The zero-order valence-corrected chi connectivity index (χ0v) is 12.3. The number of aromatic nitrogens is 2. The summed E-state index contributed by atoms with van der Waals surface area (Å²) in [6.07, 6.45) is 0. The van der Waals surface area contributed by atoms with Crippen molar-refractivity contribution in [3.8, 4) is 17.1 Å². The number of hydrogen-bond acceptors (Lipinski definition) is 2. The molecule has 1 N–H and O–H groups in total. The fraction of sp³-hybridized carbons (Fsp3) is 0.235. The molecule has 0 bridgehead atoms. The molecule has 0 aliphatic heterocycles. The molecule has 3 nitrogen and oxygen atoms in total. The zero-order chi connectivity index (χ0) is 15.1. The van der Waals surface area contributed by atoms with Crippen molar-refractivity contribution in [1.82, 2.24) is 9.55 Å². The third-order valence-electron chi connectivity index (χ3n) is 3.56. The highest BCUT2D eigenvalue weighted by molar-refractivity contribution is 5.82. The van der Waals surface area contributed by atoms with Gasteiger partial charge in [0.05, 0.1) is 16.6 Å². The summed E-state index contributed by atoms with van der Waals surface area (Å²) in [7, 11) is 0. The number of hydrogen-bond donors (Lipinski definition) is 1. The lowest BCUT2D eigenvalue weighted by molar-refractivity contribution is 0.475. The van der Waals surface area contributed by atoms with Crippen LogP contribution in [0.25, 0.3) is 22.4 Å². The van der Waals surface area contributed by atoms with Crippen LogP contribution in [-0.4, -0.2) is 14.7 Å². The fourth-order valence-corrected chi connectivity index (χ4v) is 2.62. The number of rotatable bonds is 2. The molecule has 2 aromatic carbocycles. The molecular formula is C17H17FN2O. The van der Waals surface area contributed by atoms with Gasteiger partial charge in [-0.15, -0.1) is 0 Å². The van der Waals surface area contributed by atoms with Crippen molar-refractivity contribution >= 4 is 11.0 Å². The molecule has 0 atom stereocenters. The van der Waals surface area contributed by atoms with Crippen LogP contribution in [0.2, 0.25) is 0 Å². The van der Waals surface area contributed by atoms with Gasteiger partial charge in [0.15, 0.2) is 0 Å². The number of nitrogens with zero attached hydrogens (tertiary/aromatic N) is 2. The smallest absolute Gasteiger partial charge is 0.145 e. The van der Waals surface area contributed by atoms with Crippen LogP contribution in [0.1, 0.15) is 25.5 Å². The summed E-state index contributed by atoms with van der Waals surface area (Å²) in [6.45, 7) is 6.00. The molecule has 21 heavy (non-hydrogen) atoms. The van der Waals surface area contributed by atoms with Gasteiger partial charge in [0.1, 0.15) is 17.4 Å². The van der Waals surface area contributed by atoms with E-state index < -0.39 is 0 Å². The fourth-order valence-electron chi connectivity index (χ4n) is 2.62. The molecule has 0 saturated heterocycles. The summed E-state index contributed by atoms with van der Waals surface area (Å²) in [5.74, 6) is 0.534. The second-order valence-electron chi connectivity index (χ2n) is 5.55. The summed E-state index contributed by atoms with van der Waals surface area (Å²) in [6, 6.07) is 10.2. The number of phenols is 1. The average molecular weight is 284 g/mol. The highest BCUT2D eigenvalue weighted by atomic mass is 19.1. The Morgan fingerprint density at radius 3 is 2.57 bits per heavy atom. The van der Waals surface area contributed by atoms with E-state index >= 15 is 0 Å². The first-order valence-electron chi connectivity index (χ1n) is 6.95. The Balaban J connectivity index is 2.33. The van der Waals surface area contributed by atoms with E-state index in [1.165, 1.54) is 12.1 Å². The normalized spacial score (nSPS) is 11.5. The monoisotopic (exact) mass is 284 g/mol. The third kappa shape index (κ3) is 2.27. The van der Waals surface area contributed by atoms with Gasteiger partial charge in [-0.3, -0.25) is 0 Å². The maximum Gasteiger partial charge on any atom is 0.145 e. The van der Waals surface area contributed by atoms with Gasteiger partial charge in [-0.2, -0.15) is 0 Å². The number of fused-ring (bicyclic) bond motifs is 1. The first-order valence-corrected chi connectivity index (χ1v) is 6.95. The Morgan fingerprint density at radius 2 is 1.90 bits per heavy atom. The van der Waals surface area contributed by atoms with Crippen molar-refractivity contribution in [3.05, 3.63) is 47.8 Å². The Kier molecular flexibility index (Phi) is 3.16. The molecule has 3 aromatic rings. The molecule has 0 aliphatic carbocycles. The molecule has 4 heteroatoms. The molecule has 0 saturated carbocycles. The predicted molar refractivity (Wildman–Crippen MR) is 81.9 cm³/mol. The van der Waals surface area contributed by atoms with Crippen molar-refractivity contribution in [2.24, 2.45) is 0 Å². The van der Waals surface area contributed by atoms with Crippen LogP contribution in [0.15, 0.2) is 36.4 Å². The van der Waals surface area contributed by atoms with Gasteiger partial charge in [-0.05, 0) is 50.6 Å². The lowest BCUT2D eigenvalue weighted by atomic mass is 10.1. The van der Waals surface area contributed by atoms with Gasteiger partial charge in [-0.1, -0.05) is 6.07 Å². The van der Waals surface area contributed by atoms with Gasteiger partial charge < -0.3 is 9.67 Å². The van der Waals surface area contributed by atoms with Crippen LogP contribution in [0.5, 0.6) is 5.75 Å². The second-order valence-corrected chi connectivity index (χ2v) is 5.55.